The number of morpholine rings is 1. The summed E-state index contributed by atoms with van der Waals surface area (Å²) >= 11 is 0. The van der Waals surface area contributed by atoms with Crippen LogP contribution < -0.4 is 10.6 Å². The van der Waals surface area contributed by atoms with E-state index in [1.807, 2.05) is 13.8 Å². The van der Waals surface area contributed by atoms with Crippen molar-refractivity contribution >= 4 is 11.6 Å². The van der Waals surface area contributed by atoms with Gasteiger partial charge in [0.05, 0.1) is 18.8 Å². The molecule has 0 amide bonds. The predicted molar refractivity (Wildman–Crippen MR) is 75.4 cm³/mol. The number of hydrogen-bond acceptors (Lipinski definition) is 7. The van der Waals surface area contributed by atoms with Gasteiger partial charge in [-0.15, -0.1) is 0 Å². The van der Waals surface area contributed by atoms with Crippen molar-refractivity contribution in [2.24, 2.45) is 0 Å². The number of nitrogens with zero attached hydrogens (tertiary/aromatic N) is 3. The van der Waals surface area contributed by atoms with E-state index < -0.39 is 0 Å². The number of hydrogen-bond donors (Lipinski definition) is 2. The van der Waals surface area contributed by atoms with Gasteiger partial charge >= 0.3 is 0 Å². The van der Waals surface area contributed by atoms with Crippen LogP contribution in [0.15, 0.2) is 6.07 Å². The lowest BCUT2D eigenvalue weighted by Gasteiger charge is -2.36. The molecule has 1 saturated heterocycles. The minimum Gasteiger partial charge on any atom is -0.394 e. The molecule has 3 N–H and O–H groups in total. The second-order valence-corrected chi connectivity index (χ2v) is 4.86. The maximum Gasteiger partial charge on any atom is 0.158 e. The Hall–Kier alpha value is -1.44. The van der Waals surface area contributed by atoms with Crippen LogP contribution >= 0.6 is 0 Å². The number of aromatic nitrogens is 2. The van der Waals surface area contributed by atoms with Gasteiger partial charge in [-0.05, 0) is 13.8 Å². The van der Waals surface area contributed by atoms with Gasteiger partial charge in [0.2, 0.25) is 0 Å². The zero-order chi connectivity index (χ0) is 14.5. The van der Waals surface area contributed by atoms with Crippen molar-refractivity contribution in [3.8, 4) is 0 Å². The van der Waals surface area contributed by atoms with Gasteiger partial charge in [-0.25, -0.2) is 9.97 Å². The number of rotatable bonds is 5. The molecule has 1 aromatic heterocycles. The average Bonchev–Trinajstić information content (AvgIpc) is 2.43. The second-order valence-electron chi connectivity index (χ2n) is 4.86. The number of nitrogens with two attached hydrogens (primary N) is 1. The predicted octanol–water partition coefficient (Wildman–Crippen LogP) is 0.181. The van der Waals surface area contributed by atoms with Gasteiger partial charge in [-0.2, -0.15) is 0 Å². The molecule has 2 heterocycles. The van der Waals surface area contributed by atoms with Gasteiger partial charge in [0.15, 0.2) is 5.82 Å². The molecule has 7 heteroatoms. The number of ether oxygens (including phenoxy) is 2. The van der Waals surface area contributed by atoms with E-state index in [2.05, 4.69) is 14.9 Å². The van der Waals surface area contributed by atoms with Crippen LogP contribution in [0.2, 0.25) is 0 Å². The molecule has 0 aliphatic carbocycles. The van der Waals surface area contributed by atoms with Crippen LogP contribution in [0.4, 0.5) is 11.6 Å². The fourth-order valence-electron chi connectivity index (χ4n) is 2.26. The topological polar surface area (TPSA) is 93.7 Å². The van der Waals surface area contributed by atoms with Gasteiger partial charge in [0.1, 0.15) is 18.2 Å². The van der Waals surface area contributed by atoms with Gasteiger partial charge in [0.25, 0.3) is 0 Å². The van der Waals surface area contributed by atoms with Gasteiger partial charge in [-0.1, -0.05) is 0 Å². The highest BCUT2D eigenvalue weighted by atomic mass is 16.5. The third kappa shape index (κ3) is 3.78. The fraction of sp³-hybridized carbons (Fsp3) is 0.692. The number of aliphatic hydroxyl groups is 1. The molecule has 7 nitrogen and oxygen atoms in total. The van der Waals surface area contributed by atoms with Crippen LogP contribution in [0, 0.1) is 0 Å². The van der Waals surface area contributed by atoms with E-state index in [0.717, 1.165) is 5.82 Å². The molecule has 0 radical (unpaired) electrons. The lowest BCUT2D eigenvalue weighted by molar-refractivity contribution is -0.0423. The maximum absolute atomic E-state index is 9.27. The summed E-state index contributed by atoms with van der Waals surface area (Å²) < 4.78 is 10.9. The first kappa shape index (κ1) is 15.0. The van der Waals surface area contributed by atoms with Crippen LogP contribution in [0.5, 0.6) is 0 Å². The van der Waals surface area contributed by atoms with Gasteiger partial charge in [0, 0.05) is 25.8 Å². The summed E-state index contributed by atoms with van der Waals surface area (Å²) in [7, 11) is 0. The third-order valence-electron chi connectivity index (χ3n) is 3.07. The molecule has 1 aromatic rings. The number of aliphatic hydroxyl groups excluding tert-OH is 1. The molecule has 1 aliphatic rings. The Labute approximate surface area is 118 Å². The van der Waals surface area contributed by atoms with E-state index in [9.17, 15) is 5.11 Å². The van der Waals surface area contributed by atoms with Crippen molar-refractivity contribution in [1.82, 2.24) is 9.97 Å². The molecule has 0 aromatic carbocycles. The molecular formula is C13H22N4O3. The summed E-state index contributed by atoms with van der Waals surface area (Å²) in [6, 6.07) is 1.74. The van der Waals surface area contributed by atoms with Gasteiger partial charge in [-0.3, -0.25) is 0 Å². The Morgan fingerprint density at radius 1 is 1.50 bits per heavy atom. The smallest absolute Gasteiger partial charge is 0.158 e. The average molecular weight is 282 g/mol. The highest BCUT2D eigenvalue weighted by Gasteiger charge is 2.26. The van der Waals surface area contributed by atoms with E-state index >= 15 is 0 Å². The quantitative estimate of drug-likeness (QED) is 0.795. The Morgan fingerprint density at radius 2 is 2.30 bits per heavy atom. The molecule has 0 bridgehead atoms. The minimum absolute atomic E-state index is 0.00674. The van der Waals surface area contributed by atoms with E-state index in [0.29, 0.717) is 37.9 Å². The van der Waals surface area contributed by atoms with Crippen molar-refractivity contribution in [3.63, 3.8) is 0 Å². The van der Waals surface area contributed by atoms with Crippen LogP contribution in [0.25, 0.3) is 0 Å². The summed E-state index contributed by atoms with van der Waals surface area (Å²) in [5.41, 5.74) is 5.83. The fourth-order valence-corrected chi connectivity index (χ4v) is 2.26. The standard InChI is InChI=1S/C13H22N4O3/c1-3-19-8-12-15-11(14)4-13(16-12)17-5-9(2)20-10(6-17)7-18/h4,9-10,18H,3,5-8H2,1-2H3,(H2,14,15,16). The number of nitrogen functional groups attached to an aromatic ring is 1. The molecule has 112 valence electrons. The number of anilines is 2. The normalized spacial score (nSPS) is 23.1. The van der Waals surface area contributed by atoms with E-state index in [4.69, 9.17) is 15.2 Å². The van der Waals surface area contributed by atoms with Crippen molar-refractivity contribution in [3.05, 3.63) is 11.9 Å². The van der Waals surface area contributed by atoms with Crippen LogP contribution in [-0.4, -0.2) is 53.6 Å². The Morgan fingerprint density at radius 3 is 3.00 bits per heavy atom. The highest BCUT2D eigenvalue weighted by Crippen LogP contribution is 2.20. The maximum atomic E-state index is 9.27. The van der Waals surface area contributed by atoms with Crippen molar-refractivity contribution < 1.29 is 14.6 Å². The monoisotopic (exact) mass is 282 g/mol. The SMILES string of the molecule is CCOCc1nc(N)cc(N2CC(C)OC(CO)C2)n1. The van der Waals surface area contributed by atoms with Crippen LogP contribution in [-0.2, 0) is 16.1 Å². The van der Waals surface area contributed by atoms with E-state index in [1.165, 1.54) is 0 Å². The molecule has 2 unspecified atom stereocenters. The van der Waals surface area contributed by atoms with Gasteiger partial charge < -0.3 is 25.2 Å². The first-order chi connectivity index (χ1) is 9.62. The first-order valence-corrected chi connectivity index (χ1v) is 6.84. The molecule has 2 atom stereocenters. The third-order valence-corrected chi connectivity index (χ3v) is 3.07. The molecule has 1 aliphatic heterocycles. The van der Waals surface area contributed by atoms with Crippen molar-refractivity contribution in [2.75, 3.05) is 36.9 Å². The second kappa shape index (κ2) is 6.83. The minimum atomic E-state index is -0.203. The highest BCUT2D eigenvalue weighted by molar-refractivity contribution is 5.47. The Balaban J connectivity index is 2.16. The van der Waals surface area contributed by atoms with E-state index in [1.54, 1.807) is 6.07 Å². The lowest BCUT2D eigenvalue weighted by Crippen LogP contribution is -2.48. The summed E-state index contributed by atoms with van der Waals surface area (Å²) in [5, 5.41) is 9.27. The van der Waals surface area contributed by atoms with Crippen molar-refractivity contribution in [2.45, 2.75) is 32.7 Å². The molecule has 0 spiro atoms. The molecule has 0 saturated carbocycles. The molecule has 20 heavy (non-hydrogen) atoms. The molecule has 2 rings (SSSR count). The van der Waals surface area contributed by atoms with E-state index in [-0.39, 0.29) is 18.8 Å². The Bertz CT molecular complexity index is 444. The zero-order valence-corrected chi connectivity index (χ0v) is 12.0. The summed E-state index contributed by atoms with van der Waals surface area (Å²) in [5.74, 6) is 1.74. The van der Waals surface area contributed by atoms with Crippen LogP contribution in [0.1, 0.15) is 19.7 Å². The largest absolute Gasteiger partial charge is 0.394 e. The molecular weight excluding hydrogens is 260 g/mol. The summed E-state index contributed by atoms with van der Waals surface area (Å²) in [6.07, 6.45) is -0.169. The Kier molecular flexibility index (Phi) is 5.11. The summed E-state index contributed by atoms with van der Waals surface area (Å²) in [6.45, 7) is 6.13. The first-order valence-electron chi connectivity index (χ1n) is 6.84. The molecule has 1 fully saturated rings. The summed E-state index contributed by atoms with van der Waals surface area (Å²) in [4.78, 5) is 10.7. The zero-order valence-electron chi connectivity index (χ0n) is 12.0. The lowest BCUT2D eigenvalue weighted by atomic mass is 10.2. The van der Waals surface area contributed by atoms with Crippen LogP contribution in [0.3, 0.4) is 0 Å². The van der Waals surface area contributed by atoms with Crippen molar-refractivity contribution in [1.29, 1.82) is 0 Å².